The number of rotatable bonds is 6. The quantitative estimate of drug-likeness (QED) is 0.656. The second-order valence-corrected chi connectivity index (χ2v) is 5.85. The first-order valence-corrected chi connectivity index (χ1v) is 7.60. The van der Waals surface area contributed by atoms with Crippen LogP contribution in [0.3, 0.4) is 0 Å². The lowest BCUT2D eigenvalue weighted by Gasteiger charge is -2.04. The van der Waals surface area contributed by atoms with Gasteiger partial charge in [-0.25, -0.2) is 0 Å². The van der Waals surface area contributed by atoms with Gasteiger partial charge in [0, 0.05) is 30.8 Å². The van der Waals surface area contributed by atoms with Gasteiger partial charge in [0.1, 0.15) is 0 Å². The summed E-state index contributed by atoms with van der Waals surface area (Å²) in [4.78, 5) is 12.1. The highest BCUT2D eigenvalue weighted by atomic mass is 32.2. The number of aromatic nitrogens is 2. The molecule has 0 aliphatic heterocycles. The van der Waals surface area contributed by atoms with E-state index >= 15 is 0 Å². The minimum Gasteiger partial charge on any atom is -0.326 e. The minimum atomic E-state index is -0.0399. The maximum Gasteiger partial charge on any atom is 0.221 e. The number of amides is 1. The van der Waals surface area contributed by atoms with E-state index in [1.807, 2.05) is 54.0 Å². The fourth-order valence-electron chi connectivity index (χ4n) is 1.91. The third-order valence-electron chi connectivity index (χ3n) is 2.81. The van der Waals surface area contributed by atoms with Gasteiger partial charge in [-0.3, -0.25) is 9.48 Å². The van der Waals surface area contributed by atoms with Gasteiger partial charge < -0.3 is 5.32 Å². The Morgan fingerprint density at radius 3 is 2.70 bits per heavy atom. The average molecular weight is 289 g/mol. The number of thioether (sulfide) groups is 1. The van der Waals surface area contributed by atoms with E-state index < -0.39 is 0 Å². The Kier molecular flexibility index (Phi) is 5.24. The predicted octanol–water partition coefficient (Wildman–Crippen LogP) is 3.10. The Morgan fingerprint density at radius 2 is 2.10 bits per heavy atom. The van der Waals surface area contributed by atoms with Gasteiger partial charge in [-0.1, -0.05) is 0 Å². The monoisotopic (exact) mass is 289 g/mol. The summed E-state index contributed by atoms with van der Waals surface area (Å²) in [6.07, 6.45) is 6.18. The highest BCUT2D eigenvalue weighted by Crippen LogP contribution is 2.21. The van der Waals surface area contributed by atoms with Crippen LogP contribution >= 0.6 is 11.8 Å². The lowest BCUT2D eigenvalue weighted by Crippen LogP contribution is -2.05. The maximum absolute atomic E-state index is 10.9. The molecule has 0 spiro atoms. The lowest BCUT2D eigenvalue weighted by atomic mass is 10.2. The molecule has 2 aromatic rings. The first kappa shape index (κ1) is 14.7. The van der Waals surface area contributed by atoms with Gasteiger partial charge in [-0.05, 0) is 48.4 Å². The van der Waals surface area contributed by atoms with Crippen molar-refractivity contribution in [3.63, 3.8) is 0 Å². The molecule has 0 aliphatic rings. The molecule has 1 N–H and O–H groups in total. The van der Waals surface area contributed by atoms with Crippen LogP contribution in [0.25, 0.3) is 0 Å². The molecule has 4 nitrogen and oxygen atoms in total. The van der Waals surface area contributed by atoms with Crippen molar-refractivity contribution < 1.29 is 4.79 Å². The number of anilines is 1. The molecule has 0 saturated heterocycles. The van der Waals surface area contributed by atoms with Gasteiger partial charge in [0.15, 0.2) is 0 Å². The fraction of sp³-hybridized carbons (Fsp3) is 0.333. The Morgan fingerprint density at radius 1 is 1.35 bits per heavy atom. The summed E-state index contributed by atoms with van der Waals surface area (Å²) >= 11 is 1.83. The third-order valence-corrected chi connectivity index (χ3v) is 3.91. The second kappa shape index (κ2) is 7.14. The Hall–Kier alpha value is -1.75. The number of hydrogen-bond acceptors (Lipinski definition) is 3. The van der Waals surface area contributed by atoms with Crippen LogP contribution in [0.2, 0.25) is 0 Å². The molecular formula is C15H19N3OS. The molecule has 5 heteroatoms. The van der Waals surface area contributed by atoms with Crippen molar-refractivity contribution in [1.82, 2.24) is 9.78 Å². The summed E-state index contributed by atoms with van der Waals surface area (Å²) in [5.41, 5.74) is 2.13. The molecule has 0 unspecified atom stereocenters. The van der Waals surface area contributed by atoms with Gasteiger partial charge in [0.05, 0.1) is 6.20 Å². The van der Waals surface area contributed by atoms with Crippen molar-refractivity contribution in [2.75, 3.05) is 11.1 Å². The van der Waals surface area contributed by atoms with E-state index in [4.69, 9.17) is 0 Å². The number of carbonyl (C=O) groups excluding carboxylic acids is 1. The average Bonchev–Trinajstić information content (AvgIpc) is 2.82. The first-order chi connectivity index (χ1) is 9.63. The Bertz CT molecular complexity index is 563. The van der Waals surface area contributed by atoms with E-state index in [-0.39, 0.29) is 5.91 Å². The molecule has 0 radical (unpaired) electrons. The number of benzene rings is 1. The van der Waals surface area contributed by atoms with Crippen LogP contribution in [0.1, 0.15) is 18.9 Å². The van der Waals surface area contributed by atoms with E-state index in [1.54, 1.807) is 0 Å². The van der Waals surface area contributed by atoms with Crippen LogP contribution in [0.5, 0.6) is 0 Å². The topological polar surface area (TPSA) is 46.9 Å². The van der Waals surface area contributed by atoms with Crippen LogP contribution in [-0.2, 0) is 18.3 Å². The fourth-order valence-corrected chi connectivity index (χ4v) is 2.76. The highest BCUT2D eigenvalue weighted by molar-refractivity contribution is 7.99. The molecule has 0 atom stereocenters. The Balaban J connectivity index is 1.72. The van der Waals surface area contributed by atoms with E-state index in [0.717, 1.165) is 24.3 Å². The number of hydrogen-bond donors (Lipinski definition) is 1. The minimum absolute atomic E-state index is 0.0399. The van der Waals surface area contributed by atoms with Crippen molar-refractivity contribution in [3.8, 4) is 0 Å². The van der Waals surface area contributed by atoms with Crippen LogP contribution in [0, 0.1) is 0 Å². The number of nitrogens with zero attached hydrogens (tertiary/aromatic N) is 2. The van der Waals surface area contributed by atoms with Crippen LogP contribution < -0.4 is 5.32 Å². The zero-order chi connectivity index (χ0) is 14.4. The molecule has 1 heterocycles. The molecule has 20 heavy (non-hydrogen) atoms. The highest BCUT2D eigenvalue weighted by Gasteiger charge is 1.99. The molecule has 0 aliphatic carbocycles. The largest absolute Gasteiger partial charge is 0.326 e. The van der Waals surface area contributed by atoms with Crippen molar-refractivity contribution in [1.29, 1.82) is 0 Å². The third kappa shape index (κ3) is 4.74. The summed E-state index contributed by atoms with van der Waals surface area (Å²) in [6.45, 7) is 1.51. The zero-order valence-corrected chi connectivity index (χ0v) is 12.6. The van der Waals surface area contributed by atoms with Crippen molar-refractivity contribution >= 4 is 23.4 Å². The van der Waals surface area contributed by atoms with Crippen LogP contribution in [0.15, 0.2) is 41.6 Å². The van der Waals surface area contributed by atoms with Crippen LogP contribution in [-0.4, -0.2) is 21.4 Å². The molecule has 2 rings (SSSR count). The molecule has 0 saturated carbocycles. The van der Waals surface area contributed by atoms with Gasteiger partial charge in [0.25, 0.3) is 0 Å². The van der Waals surface area contributed by atoms with E-state index in [9.17, 15) is 4.79 Å². The normalized spacial score (nSPS) is 10.5. The van der Waals surface area contributed by atoms with Crippen molar-refractivity contribution in [2.24, 2.45) is 7.05 Å². The Labute approximate surface area is 123 Å². The van der Waals surface area contributed by atoms with Gasteiger partial charge >= 0.3 is 0 Å². The maximum atomic E-state index is 10.9. The summed E-state index contributed by atoms with van der Waals surface area (Å²) < 4.78 is 1.84. The molecule has 106 valence electrons. The summed E-state index contributed by atoms with van der Waals surface area (Å²) in [5.74, 6) is 1.04. The molecule has 0 bridgehead atoms. The van der Waals surface area contributed by atoms with E-state index in [2.05, 4.69) is 16.6 Å². The lowest BCUT2D eigenvalue weighted by molar-refractivity contribution is -0.114. The van der Waals surface area contributed by atoms with Crippen molar-refractivity contribution in [2.45, 2.75) is 24.7 Å². The van der Waals surface area contributed by atoms with Crippen LogP contribution in [0.4, 0.5) is 5.69 Å². The standard InChI is InChI=1S/C15H19N3OS/c1-12(19)17-14-5-7-15(8-6-14)20-9-3-4-13-10-16-18(2)11-13/h5-8,10-11H,3-4,9H2,1-2H3,(H,17,19). The van der Waals surface area contributed by atoms with Gasteiger partial charge in [-0.2, -0.15) is 5.10 Å². The predicted molar refractivity (Wildman–Crippen MR) is 83.0 cm³/mol. The zero-order valence-electron chi connectivity index (χ0n) is 11.8. The molecule has 1 aromatic carbocycles. The van der Waals surface area contributed by atoms with Crippen molar-refractivity contribution in [3.05, 3.63) is 42.2 Å². The number of aryl methyl sites for hydroxylation is 2. The SMILES string of the molecule is CC(=O)Nc1ccc(SCCCc2cnn(C)c2)cc1. The molecular weight excluding hydrogens is 270 g/mol. The smallest absolute Gasteiger partial charge is 0.221 e. The molecule has 1 amide bonds. The summed E-state index contributed by atoms with van der Waals surface area (Å²) in [7, 11) is 1.94. The number of nitrogens with one attached hydrogen (secondary N) is 1. The van der Waals surface area contributed by atoms with Gasteiger partial charge in [-0.15, -0.1) is 11.8 Å². The summed E-state index contributed by atoms with van der Waals surface area (Å²) in [5, 5.41) is 6.93. The molecule has 0 fully saturated rings. The first-order valence-electron chi connectivity index (χ1n) is 6.61. The van der Waals surface area contributed by atoms with Gasteiger partial charge in [0.2, 0.25) is 5.91 Å². The number of carbonyl (C=O) groups is 1. The van der Waals surface area contributed by atoms with E-state index in [0.29, 0.717) is 0 Å². The molecule has 1 aromatic heterocycles. The van der Waals surface area contributed by atoms with E-state index in [1.165, 1.54) is 17.4 Å². The second-order valence-electron chi connectivity index (χ2n) is 4.68. The summed E-state index contributed by atoms with van der Waals surface area (Å²) in [6, 6.07) is 7.95.